The van der Waals surface area contributed by atoms with Gasteiger partial charge >= 0.3 is 5.97 Å². The molecule has 1 heterocycles. The molecule has 0 bridgehead atoms. The summed E-state index contributed by atoms with van der Waals surface area (Å²) in [5, 5.41) is 0.293. The first-order chi connectivity index (χ1) is 19.1. The third kappa shape index (κ3) is 6.39. The highest BCUT2D eigenvalue weighted by atomic mass is 16.5. The van der Waals surface area contributed by atoms with E-state index in [2.05, 4.69) is 20.8 Å². The van der Waals surface area contributed by atoms with Crippen molar-refractivity contribution in [1.29, 1.82) is 0 Å². The molecule has 40 heavy (non-hydrogen) atoms. The van der Waals surface area contributed by atoms with Crippen LogP contribution in [0, 0.1) is 0 Å². The largest absolute Gasteiger partial charge is 0.490 e. The van der Waals surface area contributed by atoms with Gasteiger partial charge in [0.2, 0.25) is 16.9 Å². The lowest BCUT2D eigenvalue weighted by Gasteiger charge is -2.19. The van der Waals surface area contributed by atoms with Gasteiger partial charge in [-0.15, -0.1) is 0 Å². The van der Waals surface area contributed by atoms with Crippen molar-refractivity contribution in [3.8, 4) is 34.5 Å². The Hall–Kier alpha value is -4.46. The van der Waals surface area contributed by atoms with E-state index in [0.717, 1.165) is 5.56 Å². The van der Waals surface area contributed by atoms with E-state index in [0.29, 0.717) is 48.2 Å². The highest BCUT2D eigenvalue weighted by Crippen LogP contribution is 2.39. The molecule has 0 spiro atoms. The van der Waals surface area contributed by atoms with Gasteiger partial charge in [-0.3, -0.25) is 4.79 Å². The molecule has 8 nitrogen and oxygen atoms in total. The van der Waals surface area contributed by atoms with Gasteiger partial charge in [0.05, 0.1) is 30.8 Å². The van der Waals surface area contributed by atoms with Gasteiger partial charge < -0.3 is 28.1 Å². The number of benzene rings is 3. The quantitative estimate of drug-likeness (QED) is 0.151. The molecule has 0 aliphatic heterocycles. The highest BCUT2D eigenvalue weighted by Gasteiger charge is 2.20. The minimum absolute atomic E-state index is 0.00569. The SMILES string of the molecule is CCOc1cc(C(=O)Oc2ccc3c(=O)c(Oc4ccc(C(C)(C)C)cc4)coc3c2)cc(OCC)c1OCC. The van der Waals surface area contributed by atoms with E-state index in [1.807, 2.05) is 45.0 Å². The Balaban J connectivity index is 1.57. The van der Waals surface area contributed by atoms with Crippen LogP contribution < -0.4 is 29.1 Å². The minimum Gasteiger partial charge on any atom is -0.490 e. The Morgan fingerprint density at radius 3 is 1.95 bits per heavy atom. The van der Waals surface area contributed by atoms with Gasteiger partial charge in [-0.1, -0.05) is 32.9 Å². The number of carbonyl (C=O) groups excluding carboxylic acids is 1. The summed E-state index contributed by atoms with van der Waals surface area (Å²) in [7, 11) is 0. The van der Waals surface area contributed by atoms with E-state index in [9.17, 15) is 9.59 Å². The van der Waals surface area contributed by atoms with Gasteiger partial charge in [0.1, 0.15) is 23.3 Å². The van der Waals surface area contributed by atoms with Crippen molar-refractivity contribution in [1.82, 2.24) is 0 Å². The number of fused-ring (bicyclic) bond motifs is 1. The first-order valence-corrected chi connectivity index (χ1v) is 13.3. The fraction of sp³-hybridized carbons (Fsp3) is 0.312. The molecule has 210 valence electrons. The van der Waals surface area contributed by atoms with Crippen LogP contribution in [-0.2, 0) is 5.41 Å². The molecule has 0 radical (unpaired) electrons. The lowest BCUT2D eigenvalue weighted by Crippen LogP contribution is -2.11. The molecule has 0 saturated heterocycles. The second kappa shape index (κ2) is 12.2. The third-order valence-electron chi connectivity index (χ3n) is 6.02. The van der Waals surface area contributed by atoms with Gasteiger partial charge in [-0.25, -0.2) is 4.79 Å². The van der Waals surface area contributed by atoms with E-state index < -0.39 is 5.97 Å². The average molecular weight is 547 g/mol. The van der Waals surface area contributed by atoms with E-state index in [-0.39, 0.29) is 33.5 Å². The van der Waals surface area contributed by atoms with Crippen molar-refractivity contribution in [2.24, 2.45) is 0 Å². The van der Waals surface area contributed by atoms with Crippen LogP contribution in [0.2, 0.25) is 0 Å². The molecule has 0 aliphatic carbocycles. The van der Waals surface area contributed by atoms with Crippen molar-refractivity contribution in [3.05, 3.63) is 82.2 Å². The van der Waals surface area contributed by atoms with Crippen LogP contribution in [0.25, 0.3) is 11.0 Å². The van der Waals surface area contributed by atoms with Crippen LogP contribution >= 0.6 is 0 Å². The summed E-state index contributed by atoms with van der Waals surface area (Å²) in [4.78, 5) is 26.1. The second-order valence-electron chi connectivity index (χ2n) is 9.95. The van der Waals surface area contributed by atoms with Gasteiger partial charge in [0.25, 0.3) is 0 Å². The van der Waals surface area contributed by atoms with Gasteiger partial charge in [-0.05, 0) is 68.1 Å². The number of rotatable bonds is 10. The predicted octanol–water partition coefficient (Wildman–Crippen LogP) is 7.30. The number of hydrogen-bond acceptors (Lipinski definition) is 8. The number of ether oxygens (including phenoxy) is 5. The molecule has 1 aromatic heterocycles. The highest BCUT2D eigenvalue weighted by molar-refractivity contribution is 5.93. The predicted molar refractivity (Wildman–Crippen MR) is 153 cm³/mol. The average Bonchev–Trinajstić information content (AvgIpc) is 2.92. The molecule has 0 fully saturated rings. The maximum Gasteiger partial charge on any atom is 0.343 e. The molecule has 0 amide bonds. The van der Waals surface area contributed by atoms with Crippen molar-refractivity contribution in [2.45, 2.75) is 47.0 Å². The number of esters is 1. The fourth-order valence-electron chi connectivity index (χ4n) is 4.05. The monoisotopic (exact) mass is 546 g/mol. The number of hydrogen-bond donors (Lipinski definition) is 0. The van der Waals surface area contributed by atoms with Crippen LogP contribution in [0.1, 0.15) is 57.5 Å². The zero-order valence-corrected chi connectivity index (χ0v) is 23.7. The summed E-state index contributed by atoms with van der Waals surface area (Å²) in [6.07, 6.45) is 1.25. The summed E-state index contributed by atoms with van der Waals surface area (Å²) < 4.78 is 34.1. The normalized spacial score (nSPS) is 11.2. The van der Waals surface area contributed by atoms with E-state index in [1.165, 1.54) is 24.5 Å². The first-order valence-electron chi connectivity index (χ1n) is 13.3. The Labute approximate surface area is 233 Å². The van der Waals surface area contributed by atoms with Crippen molar-refractivity contribution in [2.75, 3.05) is 19.8 Å². The Morgan fingerprint density at radius 1 is 0.775 bits per heavy atom. The summed E-state index contributed by atoms with van der Waals surface area (Å²) in [5.74, 6) is 1.35. The van der Waals surface area contributed by atoms with Crippen LogP contribution in [0.5, 0.6) is 34.5 Å². The van der Waals surface area contributed by atoms with Gasteiger partial charge in [0, 0.05) is 6.07 Å². The molecule has 8 heteroatoms. The summed E-state index contributed by atoms with van der Waals surface area (Å²) in [5.41, 5.74) is 1.29. The smallest absolute Gasteiger partial charge is 0.343 e. The molecule has 0 aliphatic rings. The molecule has 0 saturated carbocycles. The molecule has 4 aromatic rings. The van der Waals surface area contributed by atoms with E-state index in [1.54, 1.807) is 12.1 Å². The second-order valence-corrected chi connectivity index (χ2v) is 9.95. The van der Waals surface area contributed by atoms with Gasteiger partial charge in [0.15, 0.2) is 11.5 Å². The molecule has 4 rings (SSSR count). The molecule has 0 unspecified atom stereocenters. The molecule has 3 aromatic carbocycles. The van der Waals surface area contributed by atoms with Crippen molar-refractivity contribution >= 4 is 16.9 Å². The summed E-state index contributed by atoms with van der Waals surface area (Å²) >= 11 is 0. The maximum atomic E-state index is 13.1. The Bertz CT molecular complexity index is 1520. The zero-order valence-electron chi connectivity index (χ0n) is 23.7. The lowest BCUT2D eigenvalue weighted by molar-refractivity contribution is 0.0733. The Kier molecular flexibility index (Phi) is 8.67. The van der Waals surface area contributed by atoms with Crippen molar-refractivity contribution < 1.29 is 32.9 Å². The summed E-state index contributed by atoms with van der Waals surface area (Å²) in [6, 6.07) is 15.2. The van der Waals surface area contributed by atoms with E-state index >= 15 is 0 Å². The van der Waals surface area contributed by atoms with Crippen LogP contribution in [-0.4, -0.2) is 25.8 Å². The van der Waals surface area contributed by atoms with Crippen LogP contribution in [0.3, 0.4) is 0 Å². The number of carbonyl (C=O) groups is 1. The van der Waals surface area contributed by atoms with Crippen LogP contribution in [0.4, 0.5) is 0 Å². The molecular weight excluding hydrogens is 512 g/mol. The van der Waals surface area contributed by atoms with Crippen molar-refractivity contribution in [3.63, 3.8) is 0 Å². The molecule has 0 N–H and O–H groups in total. The van der Waals surface area contributed by atoms with E-state index in [4.69, 9.17) is 28.1 Å². The standard InChI is InChI=1S/C32H34O8/c1-7-35-26-16-20(17-27(36-8-2)30(26)37-9-3)31(34)40-23-14-15-24-25(18-23)38-19-28(29(24)33)39-22-12-10-21(11-13-22)32(4,5)6/h10-19H,7-9H2,1-6H3. The minimum atomic E-state index is -0.634. The fourth-order valence-corrected chi connectivity index (χ4v) is 4.05. The zero-order chi connectivity index (χ0) is 28.9. The first kappa shape index (κ1) is 28.5. The maximum absolute atomic E-state index is 13.1. The topological polar surface area (TPSA) is 93.4 Å². The molecule has 0 atom stereocenters. The summed E-state index contributed by atoms with van der Waals surface area (Å²) in [6.45, 7) is 13.1. The third-order valence-corrected chi connectivity index (χ3v) is 6.02. The Morgan fingerprint density at radius 2 is 1.38 bits per heavy atom. The lowest BCUT2D eigenvalue weighted by atomic mass is 9.87. The molecular formula is C32H34O8. The van der Waals surface area contributed by atoms with Gasteiger partial charge in [-0.2, -0.15) is 0 Å². The van der Waals surface area contributed by atoms with Crippen LogP contribution in [0.15, 0.2) is 70.1 Å².